The van der Waals surface area contributed by atoms with Gasteiger partial charge in [0.2, 0.25) is 0 Å². The Balaban J connectivity index is 3.09. The van der Waals surface area contributed by atoms with Crippen molar-refractivity contribution in [3.63, 3.8) is 0 Å². The second kappa shape index (κ2) is 4.63. The van der Waals surface area contributed by atoms with Gasteiger partial charge in [0, 0.05) is 16.6 Å². The van der Waals surface area contributed by atoms with E-state index in [0.29, 0.717) is 0 Å². The summed E-state index contributed by atoms with van der Waals surface area (Å²) in [4.78, 5) is 0. The lowest BCUT2D eigenvalue weighted by molar-refractivity contribution is 0.408. The molecule has 1 rings (SSSR count). The van der Waals surface area contributed by atoms with Crippen LogP contribution >= 0.6 is 15.9 Å². The third-order valence-corrected chi connectivity index (χ3v) is 2.78. The Hall–Kier alpha value is -0.540. The zero-order valence-electron chi connectivity index (χ0n) is 8.15. The maximum Gasteiger partial charge on any atom is 0.123 e. The van der Waals surface area contributed by atoms with Crippen LogP contribution in [0.2, 0.25) is 0 Å². The van der Waals surface area contributed by atoms with Gasteiger partial charge >= 0.3 is 0 Å². The summed E-state index contributed by atoms with van der Waals surface area (Å²) in [5, 5.41) is 3.10. The SMILES string of the molecule is CNCc1cc(Br)c(C)cc1OC. The Bertz CT molecular complexity index is 299. The molecule has 1 aromatic rings. The lowest BCUT2D eigenvalue weighted by Crippen LogP contribution is -2.06. The molecular weight excluding hydrogens is 230 g/mol. The zero-order valence-corrected chi connectivity index (χ0v) is 9.73. The van der Waals surface area contributed by atoms with Crippen molar-refractivity contribution >= 4 is 15.9 Å². The van der Waals surface area contributed by atoms with Gasteiger partial charge in [-0.25, -0.2) is 0 Å². The molecule has 0 aromatic heterocycles. The summed E-state index contributed by atoms with van der Waals surface area (Å²) >= 11 is 3.50. The predicted molar refractivity (Wildman–Crippen MR) is 58.2 cm³/mol. The number of hydrogen-bond donors (Lipinski definition) is 1. The Morgan fingerprint density at radius 2 is 2.15 bits per heavy atom. The third-order valence-electron chi connectivity index (χ3n) is 1.93. The molecular formula is C10H14BrNO. The van der Waals surface area contributed by atoms with E-state index in [1.807, 2.05) is 13.1 Å². The molecule has 0 spiro atoms. The zero-order chi connectivity index (χ0) is 9.84. The molecule has 13 heavy (non-hydrogen) atoms. The van der Waals surface area contributed by atoms with Gasteiger partial charge in [-0.1, -0.05) is 15.9 Å². The van der Waals surface area contributed by atoms with Crippen molar-refractivity contribution in [3.05, 3.63) is 27.7 Å². The Morgan fingerprint density at radius 3 is 2.69 bits per heavy atom. The first-order valence-corrected chi connectivity index (χ1v) is 4.96. The standard InChI is InChI=1S/C10H14BrNO/c1-7-4-10(13-3)8(6-12-2)5-9(7)11/h4-5,12H,6H2,1-3H3. The first kappa shape index (κ1) is 10.5. The molecule has 3 heteroatoms. The molecule has 1 aromatic carbocycles. The molecule has 0 bridgehead atoms. The molecule has 0 saturated carbocycles. The molecule has 2 nitrogen and oxygen atoms in total. The van der Waals surface area contributed by atoms with Gasteiger partial charge in [-0.05, 0) is 31.7 Å². The van der Waals surface area contributed by atoms with Crippen LogP contribution in [0.5, 0.6) is 5.75 Å². The maximum absolute atomic E-state index is 5.27. The van der Waals surface area contributed by atoms with Crippen LogP contribution < -0.4 is 10.1 Å². The minimum Gasteiger partial charge on any atom is -0.496 e. The number of nitrogens with one attached hydrogen (secondary N) is 1. The van der Waals surface area contributed by atoms with Crippen molar-refractivity contribution < 1.29 is 4.74 Å². The molecule has 0 atom stereocenters. The number of aryl methyl sites for hydroxylation is 1. The van der Waals surface area contributed by atoms with Gasteiger partial charge in [-0.15, -0.1) is 0 Å². The topological polar surface area (TPSA) is 21.3 Å². The van der Waals surface area contributed by atoms with E-state index in [4.69, 9.17) is 4.74 Å². The fraction of sp³-hybridized carbons (Fsp3) is 0.400. The quantitative estimate of drug-likeness (QED) is 0.881. The number of methoxy groups -OCH3 is 1. The van der Waals surface area contributed by atoms with Gasteiger partial charge in [-0.2, -0.15) is 0 Å². The first-order valence-electron chi connectivity index (χ1n) is 4.16. The van der Waals surface area contributed by atoms with Crippen molar-refractivity contribution in [2.45, 2.75) is 13.5 Å². The summed E-state index contributed by atoms with van der Waals surface area (Å²) in [6.45, 7) is 2.87. The van der Waals surface area contributed by atoms with Crippen molar-refractivity contribution in [2.75, 3.05) is 14.2 Å². The van der Waals surface area contributed by atoms with Gasteiger partial charge < -0.3 is 10.1 Å². The number of hydrogen-bond acceptors (Lipinski definition) is 2. The molecule has 0 unspecified atom stereocenters. The van der Waals surface area contributed by atoms with E-state index in [2.05, 4.69) is 34.2 Å². The average molecular weight is 244 g/mol. The lowest BCUT2D eigenvalue weighted by atomic mass is 10.1. The average Bonchev–Trinajstić information content (AvgIpc) is 2.11. The van der Waals surface area contributed by atoms with Crippen molar-refractivity contribution in [1.82, 2.24) is 5.32 Å². The molecule has 0 radical (unpaired) electrons. The van der Waals surface area contributed by atoms with E-state index in [9.17, 15) is 0 Å². The van der Waals surface area contributed by atoms with E-state index in [0.717, 1.165) is 16.8 Å². The highest BCUT2D eigenvalue weighted by atomic mass is 79.9. The second-order valence-corrected chi connectivity index (χ2v) is 3.80. The highest BCUT2D eigenvalue weighted by Crippen LogP contribution is 2.26. The maximum atomic E-state index is 5.27. The minimum atomic E-state index is 0.821. The van der Waals surface area contributed by atoms with Crippen LogP contribution in [0.4, 0.5) is 0 Å². The fourth-order valence-electron chi connectivity index (χ4n) is 1.21. The summed E-state index contributed by atoms with van der Waals surface area (Å²) < 4.78 is 6.40. The van der Waals surface area contributed by atoms with Gasteiger partial charge in [0.1, 0.15) is 5.75 Å². The Morgan fingerprint density at radius 1 is 1.46 bits per heavy atom. The summed E-state index contributed by atoms with van der Waals surface area (Å²) in [6.07, 6.45) is 0. The van der Waals surface area contributed by atoms with Crippen LogP contribution in [-0.4, -0.2) is 14.2 Å². The molecule has 0 aliphatic heterocycles. The predicted octanol–water partition coefficient (Wildman–Crippen LogP) is 2.49. The van der Waals surface area contributed by atoms with Gasteiger partial charge in [-0.3, -0.25) is 0 Å². The van der Waals surface area contributed by atoms with Crippen LogP contribution in [0.1, 0.15) is 11.1 Å². The molecule has 0 amide bonds. The number of halogens is 1. The van der Waals surface area contributed by atoms with Gasteiger partial charge in [0.25, 0.3) is 0 Å². The monoisotopic (exact) mass is 243 g/mol. The number of ether oxygens (including phenoxy) is 1. The number of benzene rings is 1. The van der Waals surface area contributed by atoms with E-state index < -0.39 is 0 Å². The summed E-state index contributed by atoms with van der Waals surface area (Å²) in [5.74, 6) is 0.940. The minimum absolute atomic E-state index is 0.821. The molecule has 1 N–H and O–H groups in total. The van der Waals surface area contributed by atoms with Crippen LogP contribution in [-0.2, 0) is 6.54 Å². The molecule has 0 fully saturated rings. The summed E-state index contributed by atoms with van der Waals surface area (Å²) in [5.41, 5.74) is 2.36. The van der Waals surface area contributed by atoms with Crippen LogP contribution in [0.3, 0.4) is 0 Å². The highest BCUT2D eigenvalue weighted by molar-refractivity contribution is 9.10. The fourth-order valence-corrected chi connectivity index (χ4v) is 1.61. The Kier molecular flexibility index (Phi) is 3.75. The van der Waals surface area contributed by atoms with Crippen molar-refractivity contribution in [3.8, 4) is 5.75 Å². The smallest absolute Gasteiger partial charge is 0.123 e. The third kappa shape index (κ3) is 2.45. The molecule has 0 aliphatic rings. The second-order valence-electron chi connectivity index (χ2n) is 2.94. The van der Waals surface area contributed by atoms with E-state index in [1.165, 1.54) is 11.1 Å². The number of rotatable bonds is 3. The highest BCUT2D eigenvalue weighted by Gasteiger charge is 2.05. The lowest BCUT2D eigenvalue weighted by Gasteiger charge is -2.10. The molecule has 72 valence electrons. The van der Waals surface area contributed by atoms with E-state index >= 15 is 0 Å². The van der Waals surface area contributed by atoms with Gasteiger partial charge in [0.15, 0.2) is 0 Å². The van der Waals surface area contributed by atoms with Gasteiger partial charge in [0.05, 0.1) is 7.11 Å². The first-order chi connectivity index (χ1) is 6.19. The molecule has 0 heterocycles. The molecule has 0 saturated heterocycles. The van der Waals surface area contributed by atoms with E-state index in [1.54, 1.807) is 7.11 Å². The largest absolute Gasteiger partial charge is 0.496 e. The van der Waals surface area contributed by atoms with Crippen molar-refractivity contribution in [2.24, 2.45) is 0 Å². The Labute approximate surface area is 87.4 Å². The van der Waals surface area contributed by atoms with Crippen LogP contribution in [0.25, 0.3) is 0 Å². The summed E-state index contributed by atoms with van der Waals surface area (Å²) in [7, 11) is 3.62. The normalized spacial score (nSPS) is 10.2. The van der Waals surface area contributed by atoms with Crippen LogP contribution in [0.15, 0.2) is 16.6 Å². The molecule has 0 aliphatic carbocycles. The summed E-state index contributed by atoms with van der Waals surface area (Å²) in [6, 6.07) is 4.13. The van der Waals surface area contributed by atoms with E-state index in [-0.39, 0.29) is 0 Å². The van der Waals surface area contributed by atoms with Crippen molar-refractivity contribution in [1.29, 1.82) is 0 Å². The van der Waals surface area contributed by atoms with Crippen LogP contribution in [0, 0.1) is 6.92 Å².